The van der Waals surface area contributed by atoms with Gasteiger partial charge in [0.2, 0.25) is 5.79 Å². The Bertz CT molecular complexity index is 653. The zero-order chi connectivity index (χ0) is 25.4. The van der Waals surface area contributed by atoms with E-state index in [0.29, 0.717) is 0 Å². The maximum absolute atomic E-state index is 10.7. The van der Waals surface area contributed by atoms with Crippen molar-refractivity contribution in [2.45, 2.75) is 85.5 Å². The zero-order valence-corrected chi connectivity index (χ0v) is 17.8. The minimum Gasteiger partial charge on any atom is -0.394 e. The highest BCUT2D eigenvalue weighted by Crippen LogP contribution is 2.32. The van der Waals surface area contributed by atoms with Gasteiger partial charge in [-0.15, -0.1) is 0 Å². The standard InChI is InChI=1S/C18H32O16/c19-1-5-8(22)11(25)12(26)17(32-5)33-14-9(23)6(2-20)31-16(13(14)27)30-3-7-10(24)15(28)18(29,4-21)34-7/h5-17,19-29H,1-4H2/t5?,6?,7-,8+,9+,10+,11+,12?,13?,14+,15?,16-,17+,18?/m1/s1. The highest BCUT2D eigenvalue weighted by atomic mass is 16.7. The molecule has 3 saturated heterocycles. The average molecular weight is 504 g/mol. The van der Waals surface area contributed by atoms with Gasteiger partial charge in [-0.3, -0.25) is 0 Å². The Labute approximate surface area is 192 Å². The molecule has 3 fully saturated rings. The number of ether oxygens (including phenoxy) is 5. The highest BCUT2D eigenvalue weighted by molar-refractivity contribution is 4.97. The van der Waals surface area contributed by atoms with E-state index in [9.17, 15) is 51.1 Å². The van der Waals surface area contributed by atoms with Gasteiger partial charge in [-0.2, -0.15) is 0 Å². The van der Waals surface area contributed by atoms with E-state index in [4.69, 9.17) is 28.8 Å². The van der Waals surface area contributed by atoms with Crippen LogP contribution in [-0.4, -0.2) is 168 Å². The fraction of sp³-hybridized carbons (Fsp3) is 1.00. The lowest BCUT2D eigenvalue weighted by Gasteiger charge is -2.46. The van der Waals surface area contributed by atoms with Crippen LogP contribution in [0.25, 0.3) is 0 Å². The molecule has 3 aliphatic rings. The van der Waals surface area contributed by atoms with Crippen LogP contribution < -0.4 is 0 Å². The van der Waals surface area contributed by atoms with Gasteiger partial charge in [-0.25, -0.2) is 0 Å². The molecule has 0 amide bonds. The van der Waals surface area contributed by atoms with E-state index < -0.39 is 112 Å². The molecule has 3 heterocycles. The molecule has 6 unspecified atom stereocenters. The molecule has 16 heteroatoms. The lowest BCUT2D eigenvalue weighted by molar-refractivity contribution is -0.362. The second-order valence-corrected chi connectivity index (χ2v) is 8.43. The normalized spacial score (nSPS) is 52.1. The van der Waals surface area contributed by atoms with E-state index >= 15 is 0 Å². The molecule has 0 aromatic rings. The summed E-state index contributed by atoms with van der Waals surface area (Å²) in [5, 5.41) is 109. The molecular weight excluding hydrogens is 472 g/mol. The van der Waals surface area contributed by atoms with Gasteiger partial charge in [0.15, 0.2) is 12.6 Å². The van der Waals surface area contributed by atoms with Gasteiger partial charge >= 0.3 is 0 Å². The molecule has 0 spiro atoms. The number of hydrogen-bond acceptors (Lipinski definition) is 16. The molecule has 34 heavy (non-hydrogen) atoms. The number of hydrogen-bond donors (Lipinski definition) is 11. The first-order chi connectivity index (χ1) is 16.0. The third kappa shape index (κ3) is 5.23. The van der Waals surface area contributed by atoms with Crippen molar-refractivity contribution in [3.8, 4) is 0 Å². The second-order valence-electron chi connectivity index (χ2n) is 8.43. The number of aliphatic hydroxyl groups excluding tert-OH is 10. The van der Waals surface area contributed by atoms with Gasteiger partial charge in [-0.05, 0) is 0 Å². The van der Waals surface area contributed by atoms with Crippen molar-refractivity contribution in [3.63, 3.8) is 0 Å². The maximum Gasteiger partial charge on any atom is 0.219 e. The van der Waals surface area contributed by atoms with Crippen LogP contribution in [0, 0.1) is 0 Å². The minimum absolute atomic E-state index is 0.594. The Hall–Kier alpha value is -0.640. The third-order valence-electron chi connectivity index (χ3n) is 6.13. The maximum atomic E-state index is 10.7. The van der Waals surface area contributed by atoms with Gasteiger partial charge in [0.25, 0.3) is 0 Å². The second kappa shape index (κ2) is 11.2. The predicted molar refractivity (Wildman–Crippen MR) is 101 cm³/mol. The Kier molecular flexibility index (Phi) is 9.18. The van der Waals surface area contributed by atoms with Crippen LogP contribution in [0.15, 0.2) is 0 Å². The van der Waals surface area contributed by atoms with Crippen LogP contribution in [-0.2, 0) is 23.7 Å². The van der Waals surface area contributed by atoms with Gasteiger partial charge in [-0.1, -0.05) is 0 Å². The first kappa shape index (κ1) is 27.9. The minimum atomic E-state index is -2.45. The van der Waals surface area contributed by atoms with Crippen LogP contribution in [0.3, 0.4) is 0 Å². The molecule has 11 N–H and O–H groups in total. The molecule has 0 aromatic heterocycles. The van der Waals surface area contributed by atoms with Gasteiger partial charge in [0.1, 0.15) is 67.1 Å². The first-order valence-electron chi connectivity index (χ1n) is 10.6. The molecule has 0 radical (unpaired) electrons. The summed E-state index contributed by atoms with van der Waals surface area (Å²) in [5.41, 5.74) is 0. The van der Waals surface area contributed by atoms with Crippen LogP contribution in [0.1, 0.15) is 0 Å². The SMILES string of the molecule is OCC1O[C@@H](O[C@@H]2C(O)[C@H](OC[C@H]3OC(O)(CO)C(O)[C@H]3O)OC(CO)[C@@H]2O)C(O)[C@@H](O)[C@H]1O. The monoisotopic (exact) mass is 504 g/mol. The topological polar surface area (TPSA) is 269 Å². The summed E-state index contributed by atoms with van der Waals surface area (Å²) in [7, 11) is 0. The van der Waals surface area contributed by atoms with Gasteiger partial charge in [0, 0.05) is 0 Å². The van der Waals surface area contributed by atoms with Crippen molar-refractivity contribution in [3.05, 3.63) is 0 Å². The molecular formula is C18H32O16. The average Bonchev–Trinajstić information content (AvgIpc) is 3.05. The Balaban J connectivity index is 1.69. The molecule has 16 nitrogen and oxygen atoms in total. The Morgan fingerprint density at radius 1 is 0.647 bits per heavy atom. The number of rotatable bonds is 8. The first-order valence-corrected chi connectivity index (χ1v) is 10.6. The van der Waals surface area contributed by atoms with Crippen LogP contribution in [0.4, 0.5) is 0 Å². The summed E-state index contributed by atoms with van der Waals surface area (Å²) in [6, 6.07) is 0. The molecule has 0 aromatic carbocycles. The Morgan fingerprint density at radius 2 is 1.24 bits per heavy atom. The van der Waals surface area contributed by atoms with Crippen molar-refractivity contribution in [1.29, 1.82) is 0 Å². The lowest BCUT2D eigenvalue weighted by atomic mass is 9.97. The van der Waals surface area contributed by atoms with Crippen molar-refractivity contribution in [2.24, 2.45) is 0 Å². The zero-order valence-electron chi connectivity index (χ0n) is 17.8. The summed E-state index contributed by atoms with van der Waals surface area (Å²) < 4.78 is 26.3. The van der Waals surface area contributed by atoms with Crippen molar-refractivity contribution < 1.29 is 79.9 Å². The number of aliphatic hydroxyl groups is 11. The summed E-state index contributed by atoms with van der Waals surface area (Å²) in [4.78, 5) is 0. The lowest BCUT2D eigenvalue weighted by Crippen LogP contribution is -2.65. The van der Waals surface area contributed by atoms with Crippen molar-refractivity contribution in [1.82, 2.24) is 0 Å². The van der Waals surface area contributed by atoms with E-state index in [1.54, 1.807) is 0 Å². The molecule has 3 aliphatic heterocycles. The van der Waals surface area contributed by atoms with E-state index in [2.05, 4.69) is 0 Å². The smallest absolute Gasteiger partial charge is 0.219 e. The third-order valence-corrected chi connectivity index (χ3v) is 6.13. The van der Waals surface area contributed by atoms with E-state index in [1.807, 2.05) is 0 Å². The van der Waals surface area contributed by atoms with E-state index in [-0.39, 0.29) is 0 Å². The largest absolute Gasteiger partial charge is 0.394 e. The summed E-state index contributed by atoms with van der Waals surface area (Å²) in [6.45, 7) is -3.14. The van der Waals surface area contributed by atoms with Crippen LogP contribution >= 0.6 is 0 Å². The highest BCUT2D eigenvalue weighted by Gasteiger charge is 2.54. The van der Waals surface area contributed by atoms with Gasteiger partial charge < -0.3 is 79.9 Å². The van der Waals surface area contributed by atoms with Crippen LogP contribution in [0.5, 0.6) is 0 Å². The molecule has 14 atom stereocenters. The molecule has 3 rings (SSSR count). The fourth-order valence-electron chi connectivity index (χ4n) is 4.01. The molecule has 0 saturated carbocycles. The molecule has 0 bridgehead atoms. The predicted octanol–water partition coefficient (Wildman–Crippen LogP) is -7.57. The Morgan fingerprint density at radius 3 is 1.79 bits per heavy atom. The fourth-order valence-corrected chi connectivity index (χ4v) is 4.01. The molecule has 200 valence electrons. The van der Waals surface area contributed by atoms with E-state index in [1.165, 1.54) is 0 Å². The van der Waals surface area contributed by atoms with E-state index in [0.717, 1.165) is 0 Å². The van der Waals surface area contributed by atoms with Crippen molar-refractivity contribution >= 4 is 0 Å². The summed E-state index contributed by atoms with van der Waals surface area (Å²) in [5.74, 6) is -2.45. The summed E-state index contributed by atoms with van der Waals surface area (Å²) >= 11 is 0. The van der Waals surface area contributed by atoms with Gasteiger partial charge in [0.05, 0.1) is 26.4 Å². The van der Waals surface area contributed by atoms with Crippen molar-refractivity contribution in [2.75, 3.05) is 26.4 Å². The van der Waals surface area contributed by atoms with Crippen LogP contribution in [0.2, 0.25) is 0 Å². The molecule has 0 aliphatic carbocycles. The quantitative estimate of drug-likeness (QED) is 0.146. The summed E-state index contributed by atoms with van der Waals surface area (Å²) in [6.07, 6.45) is -21.4.